The maximum absolute atomic E-state index is 13.1. The third-order valence-electron chi connectivity index (χ3n) is 5.00. The van der Waals surface area contributed by atoms with Gasteiger partial charge in [0.1, 0.15) is 11.6 Å². The van der Waals surface area contributed by atoms with Crippen LogP contribution in [0.3, 0.4) is 0 Å². The molecule has 6 nitrogen and oxygen atoms in total. The molecule has 3 aromatic rings. The molecular weight excluding hydrogens is 395 g/mol. The molecule has 2 heterocycles. The van der Waals surface area contributed by atoms with E-state index in [1.807, 2.05) is 6.07 Å². The number of benzene rings is 2. The van der Waals surface area contributed by atoms with Crippen molar-refractivity contribution in [3.8, 4) is 17.0 Å². The fourth-order valence-electron chi connectivity index (χ4n) is 3.41. The highest BCUT2D eigenvalue weighted by atomic mass is 35.5. The highest BCUT2D eigenvalue weighted by Gasteiger charge is 2.25. The molecule has 0 atom stereocenters. The third-order valence-corrected chi connectivity index (χ3v) is 5.24. The largest absolute Gasteiger partial charge is 0.496 e. The molecule has 29 heavy (non-hydrogen) atoms. The highest BCUT2D eigenvalue weighted by molar-refractivity contribution is 6.31. The first-order valence-electron chi connectivity index (χ1n) is 9.24. The standard InChI is InChI=1S/C21H20ClFN4O2/c1-29-19-7-4-15(22)12-17(19)21(28)27-10-8-26(9-11-27)20-13-18(24-25-20)14-2-5-16(23)6-3-14/h2-7,12-13H,8-11H2,1H3,(H,24,25). The maximum Gasteiger partial charge on any atom is 0.257 e. The van der Waals surface area contributed by atoms with Gasteiger partial charge in [0.25, 0.3) is 5.91 Å². The van der Waals surface area contributed by atoms with Crippen LogP contribution in [0.25, 0.3) is 11.3 Å². The van der Waals surface area contributed by atoms with E-state index in [2.05, 4.69) is 15.1 Å². The molecule has 8 heteroatoms. The summed E-state index contributed by atoms with van der Waals surface area (Å²) < 4.78 is 18.4. The molecule has 1 aliphatic heterocycles. The van der Waals surface area contributed by atoms with Gasteiger partial charge in [0.05, 0.1) is 18.4 Å². The first kappa shape index (κ1) is 19.3. The summed E-state index contributed by atoms with van der Waals surface area (Å²) in [7, 11) is 1.54. The number of hydrogen-bond acceptors (Lipinski definition) is 4. The van der Waals surface area contributed by atoms with E-state index in [-0.39, 0.29) is 11.7 Å². The van der Waals surface area contributed by atoms with Crippen molar-refractivity contribution in [2.24, 2.45) is 0 Å². The molecule has 2 aromatic carbocycles. The number of amides is 1. The topological polar surface area (TPSA) is 61.5 Å². The Morgan fingerprint density at radius 3 is 2.52 bits per heavy atom. The van der Waals surface area contributed by atoms with Crippen LogP contribution in [0.1, 0.15) is 10.4 Å². The van der Waals surface area contributed by atoms with Gasteiger partial charge in [-0.1, -0.05) is 11.6 Å². The van der Waals surface area contributed by atoms with Crippen molar-refractivity contribution in [2.75, 3.05) is 38.2 Å². The Morgan fingerprint density at radius 2 is 1.83 bits per heavy atom. The molecule has 1 amide bonds. The number of aromatic nitrogens is 2. The highest BCUT2D eigenvalue weighted by Crippen LogP contribution is 2.26. The average molecular weight is 415 g/mol. The molecule has 0 aliphatic carbocycles. The van der Waals surface area contributed by atoms with Gasteiger partial charge in [-0.25, -0.2) is 4.39 Å². The minimum Gasteiger partial charge on any atom is -0.496 e. The molecule has 1 aliphatic rings. The van der Waals surface area contributed by atoms with Crippen molar-refractivity contribution in [1.29, 1.82) is 0 Å². The van der Waals surface area contributed by atoms with E-state index in [4.69, 9.17) is 16.3 Å². The summed E-state index contributed by atoms with van der Waals surface area (Å²) in [4.78, 5) is 16.8. The number of anilines is 1. The van der Waals surface area contributed by atoms with Crippen LogP contribution in [-0.2, 0) is 0 Å². The first-order chi connectivity index (χ1) is 14.0. The molecule has 4 rings (SSSR count). The number of carbonyl (C=O) groups is 1. The third kappa shape index (κ3) is 4.05. The van der Waals surface area contributed by atoms with Crippen molar-refractivity contribution in [1.82, 2.24) is 15.1 Å². The summed E-state index contributed by atoms with van der Waals surface area (Å²) in [5, 5.41) is 7.86. The van der Waals surface area contributed by atoms with Crippen molar-refractivity contribution < 1.29 is 13.9 Å². The van der Waals surface area contributed by atoms with Gasteiger partial charge < -0.3 is 14.5 Å². The molecule has 0 radical (unpaired) electrons. The fourth-order valence-corrected chi connectivity index (χ4v) is 3.58. The van der Waals surface area contributed by atoms with Crippen LogP contribution in [0, 0.1) is 5.82 Å². The number of piperazine rings is 1. The second kappa shape index (κ2) is 8.13. The minimum atomic E-state index is -0.273. The molecule has 0 bridgehead atoms. The van der Waals surface area contributed by atoms with Gasteiger partial charge in [-0.2, -0.15) is 5.10 Å². The molecule has 0 spiro atoms. The van der Waals surface area contributed by atoms with Crippen LogP contribution < -0.4 is 9.64 Å². The number of ether oxygens (including phenoxy) is 1. The summed E-state index contributed by atoms with van der Waals surface area (Å²) in [6.07, 6.45) is 0. The predicted molar refractivity (Wildman–Crippen MR) is 110 cm³/mol. The Morgan fingerprint density at radius 1 is 1.10 bits per heavy atom. The molecule has 150 valence electrons. The van der Waals surface area contributed by atoms with Crippen LogP contribution >= 0.6 is 11.6 Å². The lowest BCUT2D eigenvalue weighted by atomic mass is 10.1. The van der Waals surface area contributed by atoms with E-state index in [0.717, 1.165) is 17.1 Å². The molecule has 0 saturated carbocycles. The molecule has 1 aromatic heterocycles. The minimum absolute atomic E-state index is 0.0990. The van der Waals surface area contributed by atoms with Gasteiger partial charge in [0.2, 0.25) is 0 Å². The molecule has 1 N–H and O–H groups in total. The Kier molecular flexibility index (Phi) is 5.40. The Hall–Kier alpha value is -3.06. The summed E-state index contributed by atoms with van der Waals surface area (Å²) in [5.74, 6) is 0.943. The maximum atomic E-state index is 13.1. The second-order valence-electron chi connectivity index (χ2n) is 6.77. The number of hydrogen-bond donors (Lipinski definition) is 1. The number of carbonyl (C=O) groups excluding carboxylic acids is 1. The van der Waals surface area contributed by atoms with Gasteiger partial charge in [0, 0.05) is 37.3 Å². The molecular formula is C21H20ClFN4O2. The number of rotatable bonds is 4. The fraction of sp³-hybridized carbons (Fsp3) is 0.238. The molecule has 1 saturated heterocycles. The van der Waals surface area contributed by atoms with E-state index in [9.17, 15) is 9.18 Å². The SMILES string of the molecule is COc1ccc(Cl)cc1C(=O)N1CCN(c2cc(-c3ccc(F)cc3)[nH]n2)CC1. The van der Waals surface area contributed by atoms with Crippen molar-refractivity contribution in [3.63, 3.8) is 0 Å². The summed E-state index contributed by atoms with van der Waals surface area (Å²) in [5.41, 5.74) is 2.15. The summed E-state index contributed by atoms with van der Waals surface area (Å²) in [6, 6.07) is 13.2. The van der Waals surface area contributed by atoms with Gasteiger partial charge in [-0.15, -0.1) is 0 Å². The number of nitrogens with zero attached hydrogens (tertiary/aromatic N) is 3. The number of methoxy groups -OCH3 is 1. The van der Waals surface area contributed by atoms with Gasteiger partial charge in [-0.3, -0.25) is 9.89 Å². The number of nitrogens with one attached hydrogen (secondary N) is 1. The molecule has 1 fully saturated rings. The van der Waals surface area contributed by atoms with E-state index in [1.165, 1.54) is 19.2 Å². The van der Waals surface area contributed by atoms with E-state index < -0.39 is 0 Å². The second-order valence-corrected chi connectivity index (χ2v) is 7.21. The number of aromatic amines is 1. The van der Waals surface area contributed by atoms with Crippen LogP contribution in [0.4, 0.5) is 10.2 Å². The van der Waals surface area contributed by atoms with Crippen molar-refractivity contribution in [2.45, 2.75) is 0 Å². The Bertz CT molecular complexity index is 1010. The summed E-state index contributed by atoms with van der Waals surface area (Å²) in [6.45, 7) is 2.44. The quantitative estimate of drug-likeness (QED) is 0.704. The molecule has 0 unspecified atom stereocenters. The van der Waals surface area contributed by atoms with Crippen LogP contribution in [0.2, 0.25) is 5.02 Å². The Labute approximate surface area is 172 Å². The zero-order valence-electron chi connectivity index (χ0n) is 15.9. The normalized spacial score (nSPS) is 14.2. The van der Waals surface area contributed by atoms with Gasteiger partial charge in [-0.05, 0) is 48.0 Å². The lowest BCUT2D eigenvalue weighted by Crippen LogP contribution is -2.49. The first-order valence-corrected chi connectivity index (χ1v) is 9.62. The van der Waals surface area contributed by atoms with Gasteiger partial charge >= 0.3 is 0 Å². The van der Waals surface area contributed by atoms with Crippen LogP contribution in [-0.4, -0.2) is 54.3 Å². The summed E-state index contributed by atoms with van der Waals surface area (Å²) >= 11 is 6.05. The predicted octanol–water partition coefficient (Wildman–Crippen LogP) is 3.84. The van der Waals surface area contributed by atoms with E-state index >= 15 is 0 Å². The van der Waals surface area contributed by atoms with Gasteiger partial charge in [0.15, 0.2) is 5.82 Å². The Balaban J connectivity index is 1.43. The number of H-pyrrole nitrogens is 1. The zero-order valence-corrected chi connectivity index (χ0v) is 16.6. The van der Waals surface area contributed by atoms with Crippen LogP contribution in [0.15, 0.2) is 48.5 Å². The van der Waals surface area contributed by atoms with E-state index in [1.54, 1.807) is 35.2 Å². The van der Waals surface area contributed by atoms with Crippen molar-refractivity contribution in [3.05, 3.63) is 64.9 Å². The van der Waals surface area contributed by atoms with Crippen molar-refractivity contribution >= 4 is 23.3 Å². The van der Waals surface area contributed by atoms with E-state index in [0.29, 0.717) is 42.5 Å². The lowest BCUT2D eigenvalue weighted by Gasteiger charge is -2.35. The monoisotopic (exact) mass is 414 g/mol. The number of halogens is 2. The van der Waals surface area contributed by atoms with Crippen LogP contribution in [0.5, 0.6) is 5.75 Å². The average Bonchev–Trinajstić information content (AvgIpc) is 3.24. The smallest absolute Gasteiger partial charge is 0.257 e. The lowest BCUT2D eigenvalue weighted by molar-refractivity contribution is 0.0743. The zero-order chi connectivity index (χ0) is 20.4.